The summed E-state index contributed by atoms with van der Waals surface area (Å²) in [7, 11) is 1.47. The summed E-state index contributed by atoms with van der Waals surface area (Å²) in [6.45, 7) is 7.97. The van der Waals surface area contributed by atoms with Gasteiger partial charge in [0.2, 0.25) is 0 Å². The van der Waals surface area contributed by atoms with Crippen LogP contribution in [0.1, 0.15) is 29.3 Å². The Morgan fingerprint density at radius 3 is 2.51 bits per heavy atom. The molecule has 1 fully saturated rings. The van der Waals surface area contributed by atoms with E-state index in [9.17, 15) is 14.9 Å². The van der Waals surface area contributed by atoms with Crippen LogP contribution in [0.25, 0.3) is 0 Å². The van der Waals surface area contributed by atoms with Crippen LogP contribution in [-0.2, 0) is 19.1 Å². The molecule has 37 heavy (non-hydrogen) atoms. The van der Waals surface area contributed by atoms with Crippen molar-refractivity contribution in [2.75, 3.05) is 25.5 Å². The molecule has 0 aliphatic carbocycles. The topological polar surface area (TPSA) is 104 Å². The van der Waals surface area contributed by atoms with E-state index in [4.69, 9.17) is 7.80 Å². The van der Waals surface area contributed by atoms with E-state index in [1.54, 1.807) is 54.2 Å². The Balaban J connectivity index is 1.62. The highest BCUT2D eigenvalue weighted by Crippen LogP contribution is 2.25. The van der Waals surface area contributed by atoms with Gasteiger partial charge in [-0.15, -0.1) is 0 Å². The predicted molar refractivity (Wildman–Crippen MR) is 150 cm³/mol. The second-order valence-electron chi connectivity index (χ2n) is 8.48. The van der Waals surface area contributed by atoms with Crippen molar-refractivity contribution < 1.29 is 17.4 Å². The maximum absolute atomic E-state index is 12.8. The summed E-state index contributed by atoms with van der Waals surface area (Å²) in [5.74, 6) is -0.329. The van der Waals surface area contributed by atoms with Gasteiger partial charge in [0.1, 0.15) is 11.8 Å². The van der Waals surface area contributed by atoms with Gasteiger partial charge in [0.05, 0.1) is 12.7 Å². The molecule has 1 atom stereocenters. The van der Waals surface area contributed by atoms with E-state index in [1.807, 2.05) is 24.3 Å². The summed E-state index contributed by atoms with van der Waals surface area (Å²) in [5.41, 5.74) is 2.34. The molecule has 0 spiro atoms. The molecule has 0 aromatic heterocycles. The second kappa shape index (κ2) is 13.6. The van der Waals surface area contributed by atoms with E-state index in [-0.39, 0.29) is 23.3 Å². The molecule has 2 aromatic carbocycles. The Kier molecular flexibility index (Phi) is 10.3. The molecule has 2 aromatic rings. The van der Waals surface area contributed by atoms with Crippen LogP contribution in [-0.4, -0.2) is 43.0 Å². The maximum Gasteiger partial charge on any atom is 0.270 e. The third-order valence-electron chi connectivity index (χ3n) is 6.04. The number of ether oxygens (including phenoxy) is 1. The van der Waals surface area contributed by atoms with Gasteiger partial charge in [-0.3, -0.25) is 14.5 Å². The number of methoxy groups -OCH3 is 1. The van der Waals surface area contributed by atoms with E-state index in [0.717, 1.165) is 26.1 Å². The Morgan fingerprint density at radius 2 is 1.92 bits per heavy atom. The molecule has 0 bridgehead atoms. The number of rotatable bonds is 10. The van der Waals surface area contributed by atoms with Gasteiger partial charge in [0, 0.05) is 36.9 Å². The normalized spacial score (nSPS) is 16.5. The number of hydrogen-bond donors (Lipinski definition) is 2. The van der Waals surface area contributed by atoms with E-state index < -0.39 is 5.91 Å². The fourth-order valence-corrected chi connectivity index (χ4v) is 4.49. The molecular formula is C28H29IN4O4. The molecular weight excluding hydrogens is 583 g/mol. The van der Waals surface area contributed by atoms with Crippen LogP contribution >= 0.6 is 23.0 Å². The number of hydrogen-bond acceptors (Lipinski definition) is 6. The first-order valence-corrected chi connectivity index (χ1v) is 12.6. The van der Waals surface area contributed by atoms with E-state index in [2.05, 4.69) is 34.2 Å². The van der Waals surface area contributed by atoms with Crippen LogP contribution < -0.4 is 10.6 Å². The number of nitrogens with one attached hydrogen (secondary N) is 2. The lowest BCUT2D eigenvalue weighted by atomic mass is 10.1. The van der Waals surface area contributed by atoms with E-state index in [0.29, 0.717) is 22.6 Å². The molecule has 9 heteroatoms. The predicted octanol–water partition coefficient (Wildman–Crippen LogP) is 4.88. The zero-order valence-corrected chi connectivity index (χ0v) is 22.9. The number of halogens is 1. The largest absolute Gasteiger partial charge is 0.501 e. The third kappa shape index (κ3) is 7.44. The number of nitrogens with zero attached hydrogens (tertiary/aromatic N) is 2. The first-order valence-electron chi connectivity index (χ1n) is 11.7. The highest BCUT2D eigenvalue weighted by molar-refractivity contribution is 14.1. The van der Waals surface area contributed by atoms with Crippen LogP contribution in [0.15, 0.2) is 89.9 Å². The average molecular weight is 612 g/mol. The molecule has 1 saturated heterocycles. The van der Waals surface area contributed by atoms with Crippen molar-refractivity contribution in [2.24, 2.45) is 0 Å². The Labute approximate surface area is 231 Å². The van der Waals surface area contributed by atoms with Gasteiger partial charge in [0.25, 0.3) is 11.8 Å². The van der Waals surface area contributed by atoms with E-state index >= 15 is 0 Å². The van der Waals surface area contributed by atoms with Crippen molar-refractivity contribution in [2.45, 2.75) is 25.9 Å². The Bertz CT molecular complexity index is 1230. The zero-order valence-electron chi connectivity index (χ0n) is 20.8. The molecule has 1 aliphatic heterocycles. The van der Waals surface area contributed by atoms with Crippen LogP contribution in [0.3, 0.4) is 0 Å². The van der Waals surface area contributed by atoms with Crippen LogP contribution in [0.2, 0.25) is 0 Å². The number of carbonyl (C=O) groups is 2. The smallest absolute Gasteiger partial charge is 0.270 e. The van der Waals surface area contributed by atoms with Gasteiger partial charge >= 0.3 is 0 Å². The number of carbonyl (C=O) groups excluding carboxylic acids is 2. The zero-order chi connectivity index (χ0) is 26.8. The number of allylic oxidation sites excluding steroid dienone is 2. The standard InChI is InChI=1S/C28H29IN4O4/c1-4-24(19(2)36-3)26(37-29)25(16-30)28(35)31-22-12-10-21(11-13-22)27(34)32-23-14-15-33(18-23)17-20-8-6-5-7-9-20/h4-13,23H,1,14-15,17-18H2,2-3H3,(H,31,35)(H,32,34)/b24-19+,26-25-. The fourth-order valence-electron chi connectivity index (χ4n) is 4.03. The van der Waals surface area contributed by atoms with Gasteiger partial charge in [0.15, 0.2) is 34.3 Å². The molecule has 0 saturated carbocycles. The molecule has 3 rings (SSSR count). The second-order valence-corrected chi connectivity index (χ2v) is 8.92. The summed E-state index contributed by atoms with van der Waals surface area (Å²) in [6.07, 6.45) is 2.34. The third-order valence-corrected chi connectivity index (χ3v) is 6.48. The molecule has 1 heterocycles. The van der Waals surface area contributed by atoms with Gasteiger partial charge in [-0.1, -0.05) is 43.0 Å². The summed E-state index contributed by atoms with van der Waals surface area (Å²) in [6, 6.07) is 18.7. The molecule has 2 N–H and O–H groups in total. The molecule has 1 unspecified atom stereocenters. The SMILES string of the molecule is C=CC(/C(OI)=C(\C#N)C(=O)Nc1ccc(C(=O)NC2CCN(Cc3ccccc3)C2)cc1)=C(/C)OC. The number of nitriles is 1. The van der Waals surface area contributed by atoms with Gasteiger partial charge in [-0.25, -0.2) is 0 Å². The first kappa shape index (κ1) is 28.0. The minimum Gasteiger partial charge on any atom is -0.501 e. The monoisotopic (exact) mass is 612 g/mol. The molecule has 192 valence electrons. The summed E-state index contributed by atoms with van der Waals surface area (Å²) in [5, 5.41) is 15.4. The lowest BCUT2D eigenvalue weighted by Gasteiger charge is -2.17. The number of likely N-dealkylation sites (tertiary alicyclic amines) is 1. The molecule has 1 aliphatic rings. The van der Waals surface area contributed by atoms with Gasteiger partial charge < -0.3 is 18.4 Å². The van der Waals surface area contributed by atoms with Crippen LogP contribution in [0.4, 0.5) is 5.69 Å². The number of amides is 2. The van der Waals surface area contributed by atoms with Crippen molar-refractivity contribution in [1.82, 2.24) is 10.2 Å². The number of benzene rings is 2. The van der Waals surface area contributed by atoms with E-state index in [1.165, 1.54) is 18.7 Å². The van der Waals surface area contributed by atoms with Crippen molar-refractivity contribution >= 4 is 40.5 Å². The quantitative estimate of drug-likeness (QED) is 0.130. The molecule has 2 amide bonds. The van der Waals surface area contributed by atoms with Crippen LogP contribution in [0, 0.1) is 11.3 Å². The van der Waals surface area contributed by atoms with Crippen LogP contribution in [0.5, 0.6) is 0 Å². The highest BCUT2D eigenvalue weighted by Gasteiger charge is 2.25. The van der Waals surface area contributed by atoms with Gasteiger partial charge in [-0.2, -0.15) is 5.26 Å². The Hall–Kier alpha value is -3.62. The fraction of sp³-hybridized carbons (Fsp3) is 0.250. The minimum absolute atomic E-state index is 0.0452. The van der Waals surface area contributed by atoms with Crippen molar-refractivity contribution in [3.63, 3.8) is 0 Å². The molecule has 8 nitrogen and oxygen atoms in total. The number of anilines is 1. The summed E-state index contributed by atoms with van der Waals surface area (Å²) in [4.78, 5) is 27.9. The molecule has 0 radical (unpaired) electrons. The van der Waals surface area contributed by atoms with Gasteiger partial charge in [-0.05, 0) is 43.2 Å². The van der Waals surface area contributed by atoms with Crippen molar-refractivity contribution in [3.05, 3.63) is 101 Å². The first-order chi connectivity index (χ1) is 17.9. The van der Waals surface area contributed by atoms with Crippen molar-refractivity contribution in [1.29, 1.82) is 5.26 Å². The maximum atomic E-state index is 12.8. The minimum atomic E-state index is -0.654. The lowest BCUT2D eigenvalue weighted by Crippen LogP contribution is -2.37. The average Bonchev–Trinajstić information content (AvgIpc) is 3.35. The summed E-state index contributed by atoms with van der Waals surface area (Å²) < 4.78 is 10.5. The Morgan fingerprint density at radius 1 is 1.22 bits per heavy atom. The summed E-state index contributed by atoms with van der Waals surface area (Å²) >= 11 is 1.60. The highest BCUT2D eigenvalue weighted by atomic mass is 127. The van der Waals surface area contributed by atoms with Crippen molar-refractivity contribution in [3.8, 4) is 6.07 Å². The lowest BCUT2D eigenvalue weighted by molar-refractivity contribution is -0.112.